The Morgan fingerprint density at radius 3 is 2.53 bits per heavy atom. The van der Waals surface area contributed by atoms with Gasteiger partial charge >= 0.3 is 0 Å². The lowest BCUT2D eigenvalue weighted by Crippen LogP contribution is -2.05. The summed E-state index contributed by atoms with van der Waals surface area (Å²) in [6.07, 6.45) is 0. The molecule has 0 saturated carbocycles. The normalized spacial score (nSPS) is 10.5. The van der Waals surface area contributed by atoms with Crippen LogP contribution >= 0.6 is 0 Å². The molecule has 0 aliphatic carbocycles. The van der Waals surface area contributed by atoms with E-state index in [2.05, 4.69) is 4.98 Å². The van der Waals surface area contributed by atoms with Gasteiger partial charge in [-0.05, 0) is 12.5 Å². The number of benzene rings is 1. The van der Waals surface area contributed by atoms with Gasteiger partial charge in [-0.3, -0.25) is 4.79 Å². The molecule has 1 N–H and O–H groups in total. The third-order valence-corrected chi connectivity index (χ3v) is 2.56. The van der Waals surface area contributed by atoms with E-state index in [0.717, 1.165) is 17.0 Å². The maximum absolute atomic E-state index is 11.6. The molecule has 3 heteroatoms. The van der Waals surface area contributed by atoms with Crippen molar-refractivity contribution in [2.45, 2.75) is 13.5 Å². The second-order valence-electron chi connectivity index (χ2n) is 4.05. The molecule has 0 radical (unpaired) electrons. The highest BCUT2D eigenvalue weighted by atomic mass is 16.5. The first kappa shape index (κ1) is 11.6. The molecule has 0 atom stereocenters. The molecule has 2 rings (SSSR count). The number of aromatic nitrogens is 1. The molecule has 0 amide bonds. The van der Waals surface area contributed by atoms with Gasteiger partial charge in [0, 0.05) is 30.6 Å². The molecule has 0 aliphatic heterocycles. The summed E-state index contributed by atoms with van der Waals surface area (Å²) in [6.45, 7) is 2.45. The Hall–Kier alpha value is -1.87. The second kappa shape index (κ2) is 4.97. The average Bonchev–Trinajstić information content (AvgIpc) is 2.29. The predicted octanol–water partition coefficient (Wildman–Crippen LogP) is 2.50. The fraction of sp³-hybridized carbons (Fsp3) is 0.214. The van der Waals surface area contributed by atoms with Gasteiger partial charge in [-0.1, -0.05) is 29.8 Å². The average molecular weight is 229 g/mol. The third-order valence-electron chi connectivity index (χ3n) is 2.56. The van der Waals surface area contributed by atoms with Crippen LogP contribution in [0, 0.1) is 6.92 Å². The summed E-state index contributed by atoms with van der Waals surface area (Å²) in [5.74, 6) is 0. The summed E-state index contributed by atoms with van der Waals surface area (Å²) in [7, 11) is 1.61. The lowest BCUT2D eigenvalue weighted by atomic mass is 10.1. The molecular formula is C14H15NO2. The van der Waals surface area contributed by atoms with E-state index in [1.807, 2.05) is 31.2 Å². The standard InChI is InChI=1S/C14H15NO2/c1-10-3-5-11(6-4-10)14-8-13(16)7-12(15-14)9-17-2/h3-8H,9H2,1-2H3,(H,15,16). The van der Waals surface area contributed by atoms with Crippen molar-refractivity contribution in [3.05, 3.63) is 57.9 Å². The molecule has 0 bridgehead atoms. The number of hydrogen-bond acceptors (Lipinski definition) is 2. The first-order chi connectivity index (χ1) is 8.19. The molecular weight excluding hydrogens is 214 g/mol. The minimum absolute atomic E-state index is 0.00799. The van der Waals surface area contributed by atoms with E-state index < -0.39 is 0 Å². The van der Waals surface area contributed by atoms with E-state index in [-0.39, 0.29) is 5.43 Å². The smallest absolute Gasteiger partial charge is 0.182 e. The Morgan fingerprint density at radius 1 is 1.18 bits per heavy atom. The third kappa shape index (κ3) is 2.82. The molecule has 0 fully saturated rings. The number of methoxy groups -OCH3 is 1. The van der Waals surface area contributed by atoms with Gasteiger partial charge in [0.05, 0.1) is 6.61 Å². The monoisotopic (exact) mass is 229 g/mol. The van der Waals surface area contributed by atoms with Crippen LogP contribution in [0.25, 0.3) is 11.3 Å². The van der Waals surface area contributed by atoms with Gasteiger partial charge in [0.2, 0.25) is 0 Å². The summed E-state index contributed by atoms with van der Waals surface area (Å²) < 4.78 is 5.02. The molecule has 2 aromatic rings. The van der Waals surface area contributed by atoms with Crippen molar-refractivity contribution in [2.75, 3.05) is 7.11 Å². The van der Waals surface area contributed by atoms with Gasteiger partial charge in [-0.25, -0.2) is 0 Å². The number of aryl methyl sites for hydroxylation is 1. The van der Waals surface area contributed by atoms with E-state index in [9.17, 15) is 4.79 Å². The van der Waals surface area contributed by atoms with E-state index >= 15 is 0 Å². The van der Waals surface area contributed by atoms with Gasteiger partial charge in [-0.2, -0.15) is 0 Å². The predicted molar refractivity (Wildman–Crippen MR) is 67.9 cm³/mol. The van der Waals surface area contributed by atoms with Crippen LogP contribution in [0.3, 0.4) is 0 Å². The van der Waals surface area contributed by atoms with Crippen molar-refractivity contribution in [1.29, 1.82) is 0 Å². The number of ether oxygens (including phenoxy) is 1. The first-order valence-corrected chi connectivity index (χ1v) is 5.48. The quantitative estimate of drug-likeness (QED) is 0.878. The van der Waals surface area contributed by atoms with Gasteiger partial charge in [0.15, 0.2) is 5.43 Å². The maximum Gasteiger partial charge on any atom is 0.182 e. The second-order valence-corrected chi connectivity index (χ2v) is 4.05. The molecule has 1 heterocycles. The molecule has 1 aromatic carbocycles. The Bertz CT molecular complexity index is 555. The van der Waals surface area contributed by atoms with Crippen molar-refractivity contribution in [3.8, 4) is 11.3 Å². The highest BCUT2D eigenvalue weighted by Crippen LogP contribution is 2.16. The van der Waals surface area contributed by atoms with Gasteiger partial charge in [0.1, 0.15) is 0 Å². The van der Waals surface area contributed by atoms with Gasteiger partial charge in [-0.15, -0.1) is 0 Å². The Morgan fingerprint density at radius 2 is 1.88 bits per heavy atom. The van der Waals surface area contributed by atoms with Crippen LogP contribution < -0.4 is 5.43 Å². The highest BCUT2D eigenvalue weighted by molar-refractivity contribution is 5.59. The number of pyridine rings is 1. The van der Waals surface area contributed by atoms with Gasteiger partial charge in [0.25, 0.3) is 0 Å². The molecule has 88 valence electrons. The van der Waals surface area contributed by atoms with E-state index in [1.165, 1.54) is 5.56 Å². The molecule has 3 nitrogen and oxygen atoms in total. The van der Waals surface area contributed by atoms with Crippen LogP contribution in [-0.2, 0) is 11.3 Å². The molecule has 0 spiro atoms. The Kier molecular flexibility index (Phi) is 3.40. The minimum atomic E-state index is -0.00799. The van der Waals surface area contributed by atoms with Crippen LogP contribution in [0.15, 0.2) is 41.2 Å². The van der Waals surface area contributed by atoms with E-state index in [0.29, 0.717) is 6.61 Å². The SMILES string of the molecule is COCc1cc(=O)cc(-c2ccc(C)cc2)[nH]1. The van der Waals surface area contributed by atoms with E-state index in [1.54, 1.807) is 19.2 Å². The summed E-state index contributed by atoms with van der Waals surface area (Å²) >= 11 is 0. The fourth-order valence-corrected chi connectivity index (χ4v) is 1.72. The molecule has 0 saturated heterocycles. The molecule has 1 aromatic heterocycles. The molecule has 17 heavy (non-hydrogen) atoms. The van der Waals surface area contributed by atoms with Crippen molar-refractivity contribution in [1.82, 2.24) is 4.98 Å². The summed E-state index contributed by atoms with van der Waals surface area (Å²) in [6, 6.07) is 11.2. The zero-order valence-corrected chi connectivity index (χ0v) is 9.99. The highest BCUT2D eigenvalue weighted by Gasteiger charge is 2.01. The lowest BCUT2D eigenvalue weighted by molar-refractivity contribution is 0.181. The molecule has 0 unspecified atom stereocenters. The number of hydrogen-bond donors (Lipinski definition) is 1. The molecule has 0 aliphatic rings. The van der Waals surface area contributed by atoms with Crippen LogP contribution in [0.2, 0.25) is 0 Å². The van der Waals surface area contributed by atoms with Crippen molar-refractivity contribution >= 4 is 0 Å². The Labute approximate surface area is 100 Å². The zero-order chi connectivity index (χ0) is 12.3. The summed E-state index contributed by atoms with van der Waals surface area (Å²) in [5, 5.41) is 0. The first-order valence-electron chi connectivity index (χ1n) is 5.48. The van der Waals surface area contributed by atoms with Gasteiger partial charge < -0.3 is 9.72 Å². The minimum Gasteiger partial charge on any atom is -0.378 e. The largest absolute Gasteiger partial charge is 0.378 e. The zero-order valence-electron chi connectivity index (χ0n) is 9.99. The summed E-state index contributed by atoms with van der Waals surface area (Å²) in [5.41, 5.74) is 3.81. The maximum atomic E-state index is 11.6. The van der Waals surface area contributed by atoms with Crippen molar-refractivity contribution < 1.29 is 4.74 Å². The topological polar surface area (TPSA) is 42.1 Å². The van der Waals surface area contributed by atoms with Crippen LogP contribution in [0.4, 0.5) is 0 Å². The van der Waals surface area contributed by atoms with E-state index in [4.69, 9.17) is 4.74 Å². The number of aromatic amines is 1. The fourth-order valence-electron chi connectivity index (χ4n) is 1.72. The number of H-pyrrole nitrogens is 1. The van der Waals surface area contributed by atoms with Crippen molar-refractivity contribution in [2.24, 2.45) is 0 Å². The van der Waals surface area contributed by atoms with Crippen LogP contribution in [-0.4, -0.2) is 12.1 Å². The summed E-state index contributed by atoms with van der Waals surface area (Å²) in [4.78, 5) is 14.7. The lowest BCUT2D eigenvalue weighted by Gasteiger charge is -2.06. The van der Waals surface area contributed by atoms with Crippen LogP contribution in [0.5, 0.6) is 0 Å². The number of rotatable bonds is 3. The Balaban J connectivity index is 2.44. The van der Waals surface area contributed by atoms with Crippen molar-refractivity contribution in [3.63, 3.8) is 0 Å². The van der Waals surface area contributed by atoms with Crippen LogP contribution in [0.1, 0.15) is 11.3 Å². The number of nitrogens with one attached hydrogen (secondary N) is 1.